The first kappa shape index (κ1) is 16.9. The SMILES string of the molecule is O=C(NC[C@@H](c1ccccc1)c1c[nH]c2ccccc12)C1CCOCC1. The van der Waals surface area contributed by atoms with E-state index < -0.39 is 0 Å². The van der Waals surface area contributed by atoms with Crippen LogP contribution in [-0.4, -0.2) is 30.6 Å². The lowest BCUT2D eigenvalue weighted by Crippen LogP contribution is -2.36. The van der Waals surface area contributed by atoms with E-state index in [1.54, 1.807) is 0 Å². The summed E-state index contributed by atoms with van der Waals surface area (Å²) in [5.41, 5.74) is 3.56. The van der Waals surface area contributed by atoms with Gasteiger partial charge in [-0.15, -0.1) is 0 Å². The van der Waals surface area contributed by atoms with Crippen molar-refractivity contribution in [2.24, 2.45) is 5.92 Å². The Balaban J connectivity index is 1.58. The fourth-order valence-corrected chi connectivity index (χ4v) is 3.78. The Labute approximate surface area is 153 Å². The Morgan fingerprint density at radius 2 is 1.81 bits per heavy atom. The molecule has 0 unspecified atom stereocenters. The average molecular weight is 348 g/mol. The third kappa shape index (κ3) is 3.51. The first-order valence-electron chi connectivity index (χ1n) is 9.29. The molecule has 1 aliphatic rings. The number of benzene rings is 2. The smallest absolute Gasteiger partial charge is 0.223 e. The lowest BCUT2D eigenvalue weighted by atomic mass is 9.90. The van der Waals surface area contributed by atoms with E-state index in [0.717, 1.165) is 18.4 Å². The van der Waals surface area contributed by atoms with Crippen molar-refractivity contribution in [2.45, 2.75) is 18.8 Å². The molecule has 134 valence electrons. The van der Waals surface area contributed by atoms with E-state index in [9.17, 15) is 4.79 Å². The van der Waals surface area contributed by atoms with E-state index in [1.807, 2.05) is 12.1 Å². The zero-order chi connectivity index (χ0) is 17.8. The molecule has 4 rings (SSSR count). The maximum atomic E-state index is 12.6. The van der Waals surface area contributed by atoms with Crippen LogP contribution in [0.2, 0.25) is 0 Å². The zero-order valence-electron chi connectivity index (χ0n) is 14.8. The minimum Gasteiger partial charge on any atom is -0.381 e. The number of amides is 1. The second-order valence-electron chi connectivity index (χ2n) is 6.88. The number of carbonyl (C=O) groups is 1. The molecule has 3 aromatic rings. The monoisotopic (exact) mass is 348 g/mol. The minimum atomic E-state index is 0.0724. The summed E-state index contributed by atoms with van der Waals surface area (Å²) in [7, 11) is 0. The van der Waals surface area contributed by atoms with Gasteiger partial charge in [0, 0.05) is 48.7 Å². The second-order valence-corrected chi connectivity index (χ2v) is 6.88. The third-order valence-corrected chi connectivity index (χ3v) is 5.27. The van der Waals surface area contributed by atoms with Gasteiger partial charge in [-0.05, 0) is 30.0 Å². The van der Waals surface area contributed by atoms with Crippen LogP contribution in [0.5, 0.6) is 0 Å². The largest absolute Gasteiger partial charge is 0.381 e. The zero-order valence-corrected chi connectivity index (χ0v) is 14.8. The Morgan fingerprint density at radius 3 is 2.62 bits per heavy atom. The van der Waals surface area contributed by atoms with Crippen molar-refractivity contribution >= 4 is 16.8 Å². The summed E-state index contributed by atoms with van der Waals surface area (Å²) >= 11 is 0. The van der Waals surface area contributed by atoms with Crippen molar-refractivity contribution in [3.05, 3.63) is 71.9 Å². The third-order valence-electron chi connectivity index (χ3n) is 5.27. The molecule has 2 N–H and O–H groups in total. The predicted molar refractivity (Wildman–Crippen MR) is 103 cm³/mol. The lowest BCUT2D eigenvalue weighted by molar-refractivity contribution is -0.127. The van der Waals surface area contributed by atoms with Crippen LogP contribution in [0.1, 0.15) is 29.9 Å². The molecule has 1 aromatic heterocycles. The molecular weight excluding hydrogens is 324 g/mol. The topological polar surface area (TPSA) is 54.1 Å². The average Bonchev–Trinajstić information content (AvgIpc) is 3.14. The first-order valence-corrected chi connectivity index (χ1v) is 9.29. The van der Waals surface area contributed by atoms with Gasteiger partial charge in [-0.3, -0.25) is 4.79 Å². The number of para-hydroxylation sites is 1. The van der Waals surface area contributed by atoms with Gasteiger partial charge >= 0.3 is 0 Å². The molecular formula is C22H24N2O2. The van der Waals surface area contributed by atoms with Crippen LogP contribution in [0, 0.1) is 5.92 Å². The number of ether oxygens (including phenoxy) is 1. The highest BCUT2D eigenvalue weighted by Crippen LogP contribution is 2.30. The van der Waals surface area contributed by atoms with Gasteiger partial charge in [-0.2, -0.15) is 0 Å². The van der Waals surface area contributed by atoms with Gasteiger partial charge in [0.25, 0.3) is 0 Å². The highest BCUT2D eigenvalue weighted by molar-refractivity contribution is 5.84. The van der Waals surface area contributed by atoms with E-state index >= 15 is 0 Å². The number of carbonyl (C=O) groups excluding carboxylic acids is 1. The normalized spacial score (nSPS) is 16.5. The van der Waals surface area contributed by atoms with Crippen molar-refractivity contribution in [1.82, 2.24) is 10.3 Å². The number of H-pyrrole nitrogens is 1. The van der Waals surface area contributed by atoms with Crippen LogP contribution < -0.4 is 5.32 Å². The molecule has 1 aliphatic heterocycles. The highest BCUT2D eigenvalue weighted by Gasteiger charge is 2.24. The molecule has 1 fully saturated rings. The van der Waals surface area contributed by atoms with Crippen LogP contribution in [0.25, 0.3) is 10.9 Å². The van der Waals surface area contributed by atoms with Crippen LogP contribution in [0.4, 0.5) is 0 Å². The second kappa shape index (κ2) is 7.75. The number of rotatable bonds is 5. The Kier molecular flexibility index (Phi) is 5.02. The molecule has 0 bridgehead atoms. The summed E-state index contributed by atoms with van der Waals surface area (Å²) in [6.45, 7) is 1.97. The van der Waals surface area contributed by atoms with Crippen LogP contribution in [-0.2, 0) is 9.53 Å². The fourth-order valence-electron chi connectivity index (χ4n) is 3.78. The van der Waals surface area contributed by atoms with E-state index in [-0.39, 0.29) is 17.7 Å². The first-order chi connectivity index (χ1) is 12.8. The molecule has 4 nitrogen and oxygen atoms in total. The molecule has 0 aliphatic carbocycles. The van der Waals surface area contributed by atoms with Crippen LogP contribution in [0.3, 0.4) is 0 Å². The Morgan fingerprint density at radius 1 is 1.08 bits per heavy atom. The van der Waals surface area contributed by atoms with Crippen molar-refractivity contribution in [3.63, 3.8) is 0 Å². The maximum Gasteiger partial charge on any atom is 0.223 e. The van der Waals surface area contributed by atoms with Gasteiger partial charge in [0.15, 0.2) is 0 Å². The molecule has 2 aromatic carbocycles. The number of hydrogen-bond donors (Lipinski definition) is 2. The molecule has 1 saturated heterocycles. The highest BCUT2D eigenvalue weighted by atomic mass is 16.5. The maximum absolute atomic E-state index is 12.6. The molecule has 1 atom stereocenters. The summed E-state index contributed by atoms with van der Waals surface area (Å²) in [5.74, 6) is 0.341. The van der Waals surface area contributed by atoms with Crippen molar-refractivity contribution < 1.29 is 9.53 Å². The van der Waals surface area contributed by atoms with E-state index in [0.29, 0.717) is 19.8 Å². The summed E-state index contributed by atoms with van der Waals surface area (Å²) in [6.07, 6.45) is 3.70. The van der Waals surface area contributed by atoms with E-state index in [4.69, 9.17) is 4.74 Å². The predicted octanol–water partition coefficient (Wildman–Crippen LogP) is 3.84. The quantitative estimate of drug-likeness (QED) is 0.736. The van der Waals surface area contributed by atoms with Gasteiger partial charge in [0.2, 0.25) is 5.91 Å². The molecule has 4 heteroatoms. The van der Waals surface area contributed by atoms with E-state index in [1.165, 1.54) is 16.5 Å². The molecule has 2 heterocycles. The van der Waals surface area contributed by atoms with Crippen LogP contribution >= 0.6 is 0 Å². The summed E-state index contributed by atoms with van der Waals surface area (Å²) in [4.78, 5) is 16.0. The van der Waals surface area contributed by atoms with Crippen LogP contribution in [0.15, 0.2) is 60.8 Å². The number of aromatic nitrogens is 1. The Hall–Kier alpha value is -2.59. The summed E-state index contributed by atoms with van der Waals surface area (Å²) < 4.78 is 5.37. The Bertz CT molecular complexity index is 866. The summed E-state index contributed by atoms with van der Waals surface area (Å²) in [5, 5.41) is 4.41. The van der Waals surface area contributed by atoms with Gasteiger partial charge in [-0.25, -0.2) is 0 Å². The number of nitrogens with one attached hydrogen (secondary N) is 2. The van der Waals surface area contributed by atoms with Crippen molar-refractivity contribution in [1.29, 1.82) is 0 Å². The number of fused-ring (bicyclic) bond motifs is 1. The number of aromatic amines is 1. The number of hydrogen-bond acceptors (Lipinski definition) is 2. The standard InChI is InChI=1S/C22H24N2O2/c25-22(17-10-12-26-13-11-17)24-14-19(16-6-2-1-3-7-16)20-15-23-21-9-5-4-8-18(20)21/h1-9,15,17,19,23H,10-14H2,(H,24,25)/t19-/m0/s1. The molecule has 1 amide bonds. The van der Waals surface area contributed by atoms with E-state index in [2.05, 4.69) is 59.0 Å². The van der Waals surface area contributed by atoms with Gasteiger partial charge < -0.3 is 15.0 Å². The van der Waals surface area contributed by atoms with Crippen molar-refractivity contribution in [3.8, 4) is 0 Å². The van der Waals surface area contributed by atoms with Gasteiger partial charge in [0.1, 0.15) is 0 Å². The summed E-state index contributed by atoms with van der Waals surface area (Å²) in [6, 6.07) is 18.7. The lowest BCUT2D eigenvalue weighted by Gasteiger charge is -2.23. The molecule has 0 radical (unpaired) electrons. The fraction of sp³-hybridized carbons (Fsp3) is 0.318. The van der Waals surface area contributed by atoms with Crippen molar-refractivity contribution in [2.75, 3.05) is 19.8 Å². The molecule has 0 saturated carbocycles. The van der Waals surface area contributed by atoms with Gasteiger partial charge in [-0.1, -0.05) is 48.5 Å². The molecule has 0 spiro atoms. The minimum absolute atomic E-state index is 0.0724. The molecule has 26 heavy (non-hydrogen) atoms. The van der Waals surface area contributed by atoms with Gasteiger partial charge in [0.05, 0.1) is 0 Å².